The van der Waals surface area contributed by atoms with Crippen molar-refractivity contribution in [3.8, 4) is 0 Å². The van der Waals surface area contributed by atoms with Gasteiger partial charge in [0, 0.05) is 25.7 Å². The van der Waals surface area contributed by atoms with Crippen molar-refractivity contribution in [2.24, 2.45) is 0 Å². The molecule has 0 spiro atoms. The van der Waals surface area contributed by atoms with Crippen LogP contribution >= 0.6 is 15.6 Å². The minimum Gasteiger partial charge on any atom is -0.462 e. The van der Waals surface area contributed by atoms with Gasteiger partial charge in [-0.25, -0.2) is 9.13 Å². The molecule has 5 atom stereocenters. The first-order valence-corrected chi connectivity index (χ1v) is 42.3. The van der Waals surface area contributed by atoms with E-state index in [0.717, 1.165) is 89.9 Å². The summed E-state index contributed by atoms with van der Waals surface area (Å²) in [7, 11) is -9.90. The van der Waals surface area contributed by atoms with Crippen LogP contribution in [0.3, 0.4) is 0 Å². The molecule has 0 aliphatic carbocycles. The minimum absolute atomic E-state index is 0.107. The lowest BCUT2D eigenvalue weighted by atomic mass is 10.0. The molecular formula is C75H146O17P2. The summed E-state index contributed by atoms with van der Waals surface area (Å²) in [6, 6.07) is 0. The fourth-order valence-electron chi connectivity index (χ4n) is 11.6. The molecule has 3 N–H and O–H groups in total. The smallest absolute Gasteiger partial charge is 0.462 e. The number of hydrogen-bond acceptors (Lipinski definition) is 15. The number of carbonyl (C=O) groups excluding carboxylic acids is 4. The molecule has 2 unspecified atom stereocenters. The number of phosphoric ester groups is 2. The van der Waals surface area contributed by atoms with Crippen LogP contribution in [0.5, 0.6) is 0 Å². The van der Waals surface area contributed by atoms with E-state index >= 15 is 0 Å². The zero-order valence-corrected chi connectivity index (χ0v) is 62.7. The molecule has 0 aliphatic heterocycles. The van der Waals surface area contributed by atoms with Crippen LogP contribution in [0.25, 0.3) is 0 Å². The lowest BCUT2D eigenvalue weighted by Crippen LogP contribution is -2.30. The predicted octanol–water partition coefficient (Wildman–Crippen LogP) is 22.2. The van der Waals surface area contributed by atoms with Gasteiger partial charge in [0.15, 0.2) is 12.2 Å². The van der Waals surface area contributed by atoms with E-state index in [0.29, 0.717) is 25.7 Å². The van der Waals surface area contributed by atoms with Crippen molar-refractivity contribution in [3.05, 3.63) is 0 Å². The monoisotopic (exact) mass is 1380 g/mol. The second-order valence-electron chi connectivity index (χ2n) is 27.0. The summed E-state index contributed by atoms with van der Waals surface area (Å²) >= 11 is 0. The van der Waals surface area contributed by atoms with E-state index in [1.165, 1.54) is 231 Å². The molecule has 0 aromatic rings. The van der Waals surface area contributed by atoms with Crippen LogP contribution < -0.4 is 0 Å². The van der Waals surface area contributed by atoms with Crippen molar-refractivity contribution in [2.75, 3.05) is 39.6 Å². The molecule has 0 bridgehead atoms. The zero-order chi connectivity index (χ0) is 69.0. The number of esters is 4. The SMILES string of the molecule is CCCCCCCCCCCCCCCCCCCCCCCCC(=O)O[C@H](COC(=O)CCCCCCCCCCCCCC)COP(=O)(O)OC[C@@H](O)COP(=O)(O)OC[C@@H](COC(=O)CCCCCCCCCCC)OC(=O)CCCCCCCCCCCCC. The summed E-state index contributed by atoms with van der Waals surface area (Å²) < 4.78 is 68.4. The second-order valence-corrected chi connectivity index (χ2v) is 29.9. The molecule has 0 aromatic carbocycles. The van der Waals surface area contributed by atoms with E-state index in [9.17, 15) is 43.2 Å². The first-order chi connectivity index (χ1) is 45.7. The molecule has 0 fully saturated rings. The summed E-state index contributed by atoms with van der Waals surface area (Å²) in [6.45, 7) is 4.95. The van der Waals surface area contributed by atoms with Crippen LogP contribution in [0.15, 0.2) is 0 Å². The van der Waals surface area contributed by atoms with Crippen LogP contribution in [-0.2, 0) is 65.4 Å². The van der Waals surface area contributed by atoms with Crippen molar-refractivity contribution in [1.82, 2.24) is 0 Å². The first kappa shape index (κ1) is 92.1. The molecule has 0 saturated carbocycles. The van der Waals surface area contributed by atoms with E-state index in [4.69, 9.17) is 37.0 Å². The van der Waals surface area contributed by atoms with Gasteiger partial charge in [-0.1, -0.05) is 349 Å². The lowest BCUT2D eigenvalue weighted by molar-refractivity contribution is -0.161. The standard InChI is InChI=1S/C75H146O17P2/c1-5-9-13-17-21-25-28-30-31-32-33-34-35-36-37-38-39-42-46-50-54-58-62-75(80)92-71(66-86-73(78)60-56-52-48-44-41-29-26-22-18-14-10-6-2)68-90-94(83,84)88-64-69(76)63-87-93(81,82)89-67-70(65-85-72(77)59-55-51-47-43-24-20-16-12-8-4)91-74(79)61-57-53-49-45-40-27-23-19-15-11-7-3/h69-71,76H,5-68H2,1-4H3,(H,81,82)(H,83,84)/t69-,70+,71+/m0/s1. The number of carbonyl (C=O) groups is 4. The van der Waals surface area contributed by atoms with E-state index in [1.54, 1.807) is 0 Å². The van der Waals surface area contributed by atoms with Crippen molar-refractivity contribution in [3.63, 3.8) is 0 Å². The molecule has 17 nitrogen and oxygen atoms in total. The Hall–Kier alpha value is -1.94. The van der Waals surface area contributed by atoms with Gasteiger partial charge in [-0.3, -0.25) is 37.3 Å². The number of aliphatic hydroxyl groups excluding tert-OH is 1. The lowest BCUT2D eigenvalue weighted by Gasteiger charge is -2.21. The predicted molar refractivity (Wildman–Crippen MR) is 382 cm³/mol. The molecule has 0 aromatic heterocycles. The van der Waals surface area contributed by atoms with Crippen LogP contribution in [0.4, 0.5) is 0 Å². The topological polar surface area (TPSA) is 237 Å². The summed E-state index contributed by atoms with van der Waals surface area (Å²) in [6.07, 6.45) is 59.7. The van der Waals surface area contributed by atoms with Gasteiger partial charge in [0.05, 0.1) is 26.4 Å². The van der Waals surface area contributed by atoms with Gasteiger partial charge < -0.3 is 33.8 Å². The van der Waals surface area contributed by atoms with Gasteiger partial charge >= 0.3 is 39.5 Å². The quantitative estimate of drug-likeness (QED) is 0.0222. The highest BCUT2D eigenvalue weighted by Crippen LogP contribution is 2.45. The van der Waals surface area contributed by atoms with Gasteiger partial charge in [-0.05, 0) is 25.7 Å². The number of phosphoric acid groups is 2. The third kappa shape index (κ3) is 68.6. The normalized spacial score (nSPS) is 13.9. The average Bonchev–Trinajstić information content (AvgIpc) is 1.79. The fraction of sp³-hybridized carbons (Fsp3) is 0.947. The zero-order valence-electron chi connectivity index (χ0n) is 60.9. The molecule has 558 valence electrons. The van der Waals surface area contributed by atoms with E-state index in [-0.39, 0.29) is 25.7 Å². The number of unbranched alkanes of at least 4 members (excludes halogenated alkanes) is 50. The number of hydrogen-bond donors (Lipinski definition) is 3. The van der Waals surface area contributed by atoms with Crippen LogP contribution in [-0.4, -0.2) is 96.7 Å². The molecule has 0 aliphatic rings. The van der Waals surface area contributed by atoms with Gasteiger partial charge in [-0.2, -0.15) is 0 Å². The Morgan fingerprint density at radius 2 is 0.426 bits per heavy atom. The minimum atomic E-state index is -4.95. The highest BCUT2D eigenvalue weighted by molar-refractivity contribution is 7.47. The summed E-state index contributed by atoms with van der Waals surface area (Å²) in [5.74, 6) is -2.12. The Balaban J connectivity index is 5.15. The average molecular weight is 1380 g/mol. The number of ether oxygens (including phenoxy) is 4. The van der Waals surface area contributed by atoms with Gasteiger partial charge in [0.1, 0.15) is 19.3 Å². The van der Waals surface area contributed by atoms with Crippen molar-refractivity contribution in [2.45, 2.75) is 418 Å². The Kier molecular flexibility index (Phi) is 68.1. The highest BCUT2D eigenvalue weighted by atomic mass is 31.2. The van der Waals surface area contributed by atoms with Gasteiger partial charge in [0.2, 0.25) is 0 Å². The van der Waals surface area contributed by atoms with E-state index in [1.807, 2.05) is 0 Å². The molecular weight excluding hydrogens is 1230 g/mol. The third-order valence-electron chi connectivity index (χ3n) is 17.6. The molecule has 0 radical (unpaired) electrons. The van der Waals surface area contributed by atoms with Crippen molar-refractivity contribution < 1.29 is 80.2 Å². The number of rotatable bonds is 76. The summed E-state index contributed by atoms with van der Waals surface area (Å²) in [5, 5.41) is 10.6. The maximum atomic E-state index is 13.1. The fourth-order valence-corrected chi connectivity index (χ4v) is 13.2. The molecule has 0 amide bonds. The van der Waals surface area contributed by atoms with Gasteiger partial charge in [-0.15, -0.1) is 0 Å². The van der Waals surface area contributed by atoms with Crippen molar-refractivity contribution >= 4 is 39.5 Å². The first-order valence-electron chi connectivity index (χ1n) is 39.3. The molecule has 0 heterocycles. The van der Waals surface area contributed by atoms with Crippen LogP contribution in [0.2, 0.25) is 0 Å². The number of aliphatic hydroxyl groups is 1. The van der Waals surface area contributed by atoms with E-state index < -0.39 is 97.5 Å². The molecule has 0 rings (SSSR count). The third-order valence-corrected chi connectivity index (χ3v) is 19.5. The van der Waals surface area contributed by atoms with E-state index in [2.05, 4.69) is 27.7 Å². The Labute approximate surface area is 575 Å². The van der Waals surface area contributed by atoms with Crippen LogP contribution in [0.1, 0.15) is 400 Å². The van der Waals surface area contributed by atoms with Crippen molar-refractivity contribution in [1.29, 1.82) is 0 Å². The summed E-state index contributed by atoms with van der Waals surface area (Å²) in [5.41, 5.74) is 0. The Bertz CT molecular complexity index is 1790. The highest BCUT2D eigenvalue weighted by Gasteiger charge is 2.30. The Morgan fingerprint density at radius 3 is 0.628 bits per heavy atom. The second kappa shape index (κ2) is 69.5. The maximum Gasteiger partial charge on any atom is 0.472 e. The Morgan fingerprint density at radius 1 is 0.255 bits per heavy atom. The molecule has 0 saturated heterocycles. The molecule has 19 heteroatoms. The summed E-state index contributed by atoms with van der Waals surface area (Å²) in [4.78, 5) is 72.6. The van der Waals surface area contributed by atoms with Crippen LogP contribution in [0, 0.1) is 0 Å². The van der Waals surface area contributed by atoms with Gasteiger partial charge in [0.25, 0.3) is 0 Å². The largest absolute Gasteiger partial charge is 0.472 e. The molecule has 94 heavy (non-hydrogen) atoms. The maximum absolute atomic E-state index is 13.1.